The molecule has 1 rings (SSSR count). The fraction of sp³-hybridized carbons (Fsp3) is 0.917. The van der Waals surface area contributed by atoms with E-state index < -0.39 is 11.6 Å². The van der Waals surface area contributed by atoms with Gasteiger partial charge in [-0.3, -0.25) is 4.79 Å². The molecule has 1 amide bonds. The van der Waals surface area contributed by atoms with Crippen LogP contribution in [0.4, 0.5) is 0 Å². The van der Waals surface area contributed by atoms with E-state index in [9.17, 15) is 9.90 Å². The van der Waals surface area contributed by atoms with Crippen molar-refractivity contribution in [2.24, 2.45) is 11.7 Å². The maximum Gasteiger partial charge on any atom is 0.237 e. The molecule has 0 spiro atoms. The Morgan fingerprint density at radius 3 is 2.56 bits per heavy atom. The molecule has 0 bridgehead atoms. The molecular formula is C12H24N2O2. The monoisotopic (exact) mass is 228 g/mol. The molecule has 0 radical (unpaired) electrons. The first-order chi connectivity index (χ1) is 7.48. The Kier molecular flexibility index (Phi) is 4.74. The summed E-state index contributed by atoms with van der Waals surface area (Å²) in [4.78, 5) is 11.7. The molecule has 1 saturated carbocycles. The Hall–Kier alpha value is -0.610. The minimum atomic E-state index is -0.690. The molecule has 4 nitrogen and oxygen atoms in total. The van der Waals surface area contributed by atoms with Gasteiger partial charge in [0.2, 0.25) is 5.91 Å². The van der Waals surface area contributed by atoms with Crippen LogP contribution in [0.2, 0.25) is 0 Å². The predicted molar refractivity (Wildman–Crippen MR) is 63.9 cm³/mol. The van der Waals surface area contributed by atoms with Crippen LogP contribution in [-0.4, -0.2) is 29.2 Å². The minimum absolute atomic E-state index is 0.144. The van der Waals surface area contributed by atoms with Crippen LogP contribution in [0.15, 0.2) is 0 Å². The van der Waals surface area contributed by atoms with Crippen molar-refractivity contribution in [2.75, 3.05) is 6.54 Å². The second kappa shape index (κ2) is 5.64. The van der Waals surface area contributed by atoms with E-state index in [2.05, 4.69) is 5.32 Å². The second-order valence-electron chi connectivity index (χ2n) is 5.06. The molecule has 0 heterocycles. The zero-order valence-electron chi connectivity index (χ0n) is 10.3. The van der Waals surface area contributed by atoms with Crippen LogP contribution >= 0.6 is 0 Å². The van der Waals surface area contributed by atoms with E-state index in [1.165, 1.54) is 0 Å². The third-order valence-corrected chi connectivity index (χ3v) is 3.69. The maximum atomic E-state index is 11.7. The molecule has 1 aliphatic rings. The summed E-state index contributed by atoms with van der Waals surface area (Å²) in [5, 5.41) is 12.8. The summed E-state index contributed by atoms with van der Waals surface area (Å²) in [5.74, 6) is 0.0351. The van der Waals surface area contributed by atoms with Crippen LogP contribution < -0.4 is 11.1 Å². The van der Waals surface area contributed by atoms with Crippen LogP contribution in [0, 0.1) is 5.92 Å². The van der Waals surface area contributed by atoms with Crippen LogP contribution in [0.5, 0.6) is 0 Å². The summed E-state index contributed by atoms with van der Waals surface area (Å²) in [5.41, 5.74) is 5.12. The van der Waals surface area contributed by atoms with Gasteiger partial charge in [-0.1, -0.05) is 33.1 Å². The lowest BCUT2D eigenvalue weighted by atomic mass is 9.98. The molecule has 0 aromatic heterocycles. The maximum absolute atomic E-state index is 11.7. The lowest BCUT2D eigenvalue weighted by molar-refractivity contribution is -0.124. The summed E-state index contributed by atoms with van der Waals surface area (Å²) < 4.78 is 0. The van der Waals surface area contributed by atoms with Gasteiger partial charge in [0.15, 0.2) is 0 Å². The normalized spacial score (nSPS) is 22.8. The minimum Gasteiger partial charge on any atom is -0.388 e. The first-order valence-electron chi connectivity index (χ1n) is 6.24. The van der Waals surface area contributed by atoms with Gasteiger partial charge in [-0.2, -0.15) is 0 Å². The largest absolute Gasteiger partial charge is 0.388 e. The van der Waals surface area contributed by atoms with E-state index in [0.29, 0.717) is 6.54 Å². The van der Waals surface area contributed by atoms with Crippen molar-refractivity contribution in [3.05, 3.63) is 0 Å². The van der Waals surface area contributed by atoms with Crippen molar-refractivity contribution in [3.63, 3.8) is 0 Å². The second-order valence-corrected chi connectivity index (χ2v) is 5.06. The van der Waals surface area contributed by atoms with Gasteiger partial charge in [0, 0.05) is 6.54 Å². The van der Waals surface area contributed by atoms with E-state index in [-0.39, 0.29) is 11.8 Å². The van der Waals surface area contributed by atoms with Crippen LogP contribution in [0.25, 0.3) is 0 Å². The highest BCUT2D eigenvalue weighted by Gasteiger charge is 2.32. The number of carbonyl (C=O) groups excluding carboxylic acids is 1. The molecule has 0 aromatic carbocycles. The van der Waals surface area contributed by atoms with E-state index in [1.54, 1.807) is 0 Å². The van der Waals surface area contributed by atoms with Crippen LogP contribution in [0.1, 0.15) is 46.0 Å². The molecule has 4 N–H and O–H groups in total. The first kappa shape index (κ1) is 13.5. The summed E-state index contributed by atoms with van der Waals surface area (Å²) in [6.45, 7) is 4.33. The van der Waals surface area contributed by atoms with Crippen molar-refractivity contribution >= 4 is 5.91 Å². The molecule has 0 aliphatic heterocycles. The molecule has 16 heavy (non-hydrogen) atoms. The van der Waals surface area contributed by atoms with E-state index in [0.717, 1.165) is 32.1 Å². The number of hydrogen-bond acceptors (Lipinski definition) is 3. The van der Waals surface area contributed by atoms with Gasteiger partial charge in [0.25, 0.3) is 0 Å². The lowest BCUT2D eigenvalue weighted by Crippen LogP contribution is -2.49. The number of amides is 1. The Bertz CT molecular complexity index is 237. The molecule has 4 heteroatoms. The lowest BCUT2D eigenvalue weighted by Gasteiger charge is -2.24. The van der Waals surface area contributed by atoms with Gasteiger partial charge in [-0.25, -0.2) is 0 Å². The number of hydrogen-bond donors (Lipinski definition) is 3. The summed E-state index contributed by atoms with van der Waals surface area (Å²) in [6, 6.07) is -0.463. The van der Waals surface area contributed by atoms with Crippen molar-refractivity contribution in [3.8, 4) is 0 Å². The number of nitrogens with two attached hydrogens (primary N) is 1. The molecular weight excluding hydrogens is 204 g/mol. The Morgan fingerprint density at radius 2 is 2.06 bits per heavy atom. The highest BCUT2D eigenvalue weighted by molar-refractivity contribution is 5.81. The SMILES string of the molecule is CCC(C)C(N)C(=O)NCC1(O)CCCC1. The average Bonchev–Trinajstić information content (AvgIpc) is 2.71. The zero-order chi connectivity index (χ0) is 12.2. The fourth-order valence-corrected chi connectivity index (χ4v) is 2.09. The van der Waals surface area contributed by atoms with Crippen LogP contribution in [0.3, 0.4) is 0 Å². The summed E-state index contributed by atoms with van der Waals surface area (Å²) in [6.07, 6.45) is 4.55. The molecule has 0 saturated heterocycles. The highest BCUT2D eigenvalue weighted by atomic mass is 16.3. The molecule has 2 atom stereocenters. The van der Waals surface area contributed by atoms with Gasteiger partial charge in [0.1, 0.15) is 0 Å². The molecule has 94 valence electrons. The van der Waals surface area contributed by atoms with Gasteiger partial charge in [0.05, 0.1) is 11.6 Å². The topological polar surface area (TPSA) is 75.4 Å². The van der Waals surface area contributed by atoms with Crippen molar-refractivity contribution in [1.29, 1.82) is 0 Å². The third kappa shape index (κ3) is 3.46. The predicted octanol–water partition coefficient (Wildman–Crippen LogP) is 0.781. The summed E-state index contributed by atoms with van der Waals surface area (Å²) >= 11 is 0. The summed E-state index contributed by atoms with van der Waals surface area (Å²) in [7, 11) is 0. The van der Waals surface area contributed by atoms with Crippen molar-refractivity contribution in [2.45, 2.75) is 57.6 Å². The number of nitrogens with one attached hydrogen (secondary N) is 1. The van der Waals surface area contributed by atoms with Crippen LogP contribution in [-0.2, 0) is 4.79 Å². The van der Waals surface area contributed by atoms with Gasteiger partial charge < -0.3 is 16.2 Å². The van der Waals surface area contributed by atoms with Gasteiger partial charge >= 0.3 is 0 Å². The number of rotatable bonds is 5. The van der Waals surface area contributed by atoms with Gasteiger partial charge in [-0.15, -0.1) is 0 Å². The van der Waals surface area contributed by atoms with Gasteiger partial charge in [-0.05, 0) is 18.8 Å². The van der Waals surface area contributed by atoms with E-state index in [1.807, 2.05) is 13.8 Å². The molecule has 2 unspecified atom stereocenters. The Labute approximate surface area is 97.6 Å². The Balaban J connectivity index is 2.34. The third-order valence-electron chi connectivity index (χ3n) is 3.69. The van der Waals surface area contributed by atoms with Crippen molar-refractivity contribution in [1.82, 2.24) is 5.32 Å². The standard InChI is InChI=1S/C12H24N2O2/c1-3-9(2)10(13)11(15)14-8-12(16)6-4-5-7-12/h9-10,16H,3-8,13H2,1-2H3,(H,14,15). The molecule has 1 aliphatic carbocycles. The smallest absolute Gasteiger partial charge is 0.237 e. The highest BCUT2D eigenvalue weighted by Crippen LogP contribution is 2.28. The zero-order valence-corrected chi connectivity index (χ0v) is 10.3. The number of aliphatic hydroxyl groups is 1. The van der Waals surface area contributed by atoms with E-state index >= 15 is 0 Å². The quantitative estimate of drug-likeness (QED) is 0.651. The Morgan fingerprint density at radius 1 is 1.50 bits per heavy atom. The molecule has 1 fully saturated rings. The average molecular weight is 228 g/mol. The first-order valence-corrected chi connectivity index (χ1v) is 6.24. The molecule has 0 aromatic rings. The fourth-order valence-electron chi connectivity index (χ4n) is 2.09. The van der Waals surface area contributed by atoms with E-state index in [4.69, 9.17) is 5.73 Å². The number of carbonyl (C=O) groups is 1. The van der Waals surface area contributed by atoms with Crippen molar-refractivity contribution < 1.29 is 9.90 Å².